The molecule has 0 spiro atoms. The molecule has 2 heterocycles. The summed E-state index contributed by atoms with van der Waals surface area (Å²) >= 11 is 1.85. The molecule has 0 radical (unpaired) electrons. The third-order valence-corrected chi connectivity index (χ3v) is 12.1. The van der Waals surface area contributed by atoms with E-state index >= 15 is 0 Å². The second kappa shape index (κ2) is 12.4. The highest BCUT2D eigenvalue weighted by molar-refractivity contribution is 7.27. The Hall–Kier alpha value is -6.74. The van der Waals surface area contributed by atoms with Crippen LogP contribution in [0.4, 0.5) is 0 Å². The molecule has 11 rings (SSSR count). The number of benzene rings is 8. The molecule has 0 unspecified atom stereocenters. The Morgan fingerprint density at radius 1 is 0.315 bits per heavy atom. The molecule has 2 heteroatoms. The van der Waals surface area contributed by atoms with Crippen molar-refractivity contribution in [3.8, 4) is 33.4 Å². The second-order valence-electron chi connectivity index (χ2n) is 13.9. The zero-order valence-electron chi connectivity index (χ0n) is 29.3. The molecule has 54 heavy (non-hydrogen) atoms. The molecule has 0 amide bonds. The van der Waals surface area contributed by atoms with Crippen LogP contribution < -0.4 is 0 Å². The Morgan fingerprint density at radius 2 is 0.815 bits per heavy atom. The van der Waals surface area contributed by atoms with Gasteiger partial charge < -0.3 is 4.42 Å². The molecule has 0 fully saturated rings. The lowest BCUT2D eigenvalue weighted by Gasteiger charge is -2.14. The molecule has 252 valence electrons. The fourth-order valence-corrected chi connectivity index (χ4v) is 9.76. The minimum absolute atomic E-state index is 0.911. The van der Waals surface area contributed by atoms with Crippen molar-refractivity contribution in [2.24, 2.45) is 0 Å². The van der Waals surface area contributed by atoms with Gasteiger partial charge in [-0.05, 0) is 78.5 Å². The van der Waals surface area contributed by atoms with E-state index in [1.807, 2.05) is 11.3 Å². The molecule has 0 aliphatic heterocycles. The fourth-order valence-electron chi connectivity index (χ4n) is 8.52. The molecule has 11 aromatic rings. The van der Waals surface area contributed by atoms with Crippen molar-refractivity contribution in [3.63, 3.8) is 0 Å². The summed E-state index contributed by atoms with van der Waals surface area (Å²) in [4.78, 5) is 0. The Balaban J connectivity index is 1.17. The maximum atomic E-state index is 6.82. The van der Waals surface area contributed by atoms with Crippen molar-refractivity contribution >= 4 is 85.8 Å². The Bertz CT molecular complexity index is 3330. The summed E-state index contributed by atoms with van der Waals surface area (Å²) in [5.41, 5.74) is 9.05. The summed E-state index contributed by atoms with van der Waals surface area (Å²) in [6.45, 7) is 0. The highest BCUT2D eigenvalue weighted by atomic mass is 32.1. The maximum absolute atomic E-state index is 6.82. The summed E-state index contributed by atoms with van der Waals surface area (Å²) < 4.78 is 9.38. The average molecular weight is 705 g/mol. The minimum atomic E-state index is 0.911. The van der Waals surface area contributed by atoms with Crippen molar-refractivity contribution in [3.05, 3.63) is 194 Å². The Labute approximate surface area is 316 Å². The van der Waals surface area contributed by atoms with Crippen LogP contribution in [0.3, 0.4) is 0 Å². The number of thiophene rings is 1. The van der Waals surface area contributed by atoms with E-state index in [4.69, 9.17) is 4.42 Å². The first-order valence-corrected chi connectivity index (χ1v) is 19.2. The quantitative estimate of drug-likeness (QED) is 0.178. The van der Waals surface area contributed by atoms with Gasteiger partial charge in [0.05, 0.1) is 0 Å². The van der Waals surface area contributed by atoms with E-state index in [2.05, 4.69) is 194 Å². The van der Waals surface area contributed by atoms with Gasteiger partial charge in [0.15, 0.2) is 0 Å². The highest BCUT2D eigenvalue weighted by Crippen LogP contribution is 2.48. The van der Waals surface area contributed by atoms with Gasteiger partial charge >= 0.3 is 0 Å². The van der Waals surface area contributed by atoms with Crippen molar-refractivity contribution in [1.82, 2.24) is 0 Å². The van der Waals surface area contributed by atoms with Crippen LogP contribution in [0.25, 0.3) is 108 Å². The molecule has 0 N–H and O–H groups in total. The fraction of sp³-hybridized carbons (Fsp3) is 0. The standard InChI is InChI=1S/C52H32OS/c1-2-7-19-41(39-22-10-8-20-37(39)35(18-6-1)33-16-4-3-5-17-33)42-30-29-36(38-21-9-11-23-40(38)42)34-28-31-47-46(32-34)49-43-24-12-13-25-44(43)52-50(51(49)53-47)45-26-14-15-27-48(45)54-52/h1-32H. The first kappa shape index (κ1) is 30.8. The summed E-state index contributed by atoms with van der Waals surface area (Å²) in [6.07, 6.45) is 0. The van der Waals surface area contributed by atoms with Crippen molar-refractivity contribution < 1.29 is 4.42 Å². The van der Waals surface area contributed by atoms with E-state index in [0.717, 1.165) is 16.6 Å². The normalized spacial score (nSPS) is 11.7. The van der Waals surface area contributed by atoms with Crippen molar-refractivity contribution in [1.29, 1.82) is 0 Å². The lowest BCUT2D eigenvalue weighted by atomic mass is 9.89. The van der Waals surface area contributed by atoms with Crippen molar-refractivity contribution in [2.75, 3.05) is 0 Å². The van der Waals surface area contributed by atoms with Gasteiger partial charge in [-0.15, -0.1) is 11.3 Å². The monoisotopic (exact) mass is 704 g/mol. The van der Waals surface area contributed by atoms with Gasteiger partial charge in [0.25, 0.3) is 0 Å². The number of hydrogen-bond donors (Lipinski definition) is 0. The smallest absolute Gasteiger partial charge is 0.145 e. The third kappa shape index (κ3) is 4.78. The van der Waals surface area contributed by atoms with E-state index in [0.29, 0.717) is 0 Å². The van der Waals surface area contributed by atoms with Gasteiger partial charge in [-0.2, -0.15) is 0 Å². The molecule has 0 saturated carbocycles. The second-order valence-corrected chi connectivity index (χ2v) is 15.0. The molecule has 0 saturated heterocycles. The van der Waals surface area contributed by atoms with E-state index in [9.17, 15) is 0 Å². The molecule has 2 aromatic heterocycles. The zero-order chi connectivity index (χ0) is 35.6. The van der Waals surface area contributed by atoms with E-state index in [-0.39, 0.29) is 0 Å². The molecular weight excluding hydrogens is 673 g/mol. The van der Waals surface area contributed by atoms with Gasteiger partial charge in [-0.3, -0.25) is 0 Å². The molecule has 0 aliphatic rings. The summed E-state index contributed by atoms with van der Waals surface area (Å²) in [5.74, 6) is 0. The molecule has 1 nitrogen and oxygen atoms in total. The van der Waals surface area contributed by atoms with Gasteiger partial charge in [-0.25, -0.2) is 0 Å². The zero-order valence-corrected chi connectivity index (χ0v) is 30.1. The first-order chi connectivity index (χ1) is 26.8. The van der Waals surface area contributed by atoms with Crippen LogP contribution in [0.2, 0.25) is 0 Å². The summed E-state index contributed by atoms with van der Waals surface area (Å²) in [6, 6.07) is 70.2. The Kier molecular flexibility index (Phi) is 7.11. The number of fused-ring (bicyclic) bond motifs is 12. The molecule has 0 bridgehead atoms. The lowest BCUT2D eigenvalue weighted by Crippen LogP contribution is -1.87. The van der Waals surface area contributed by atoms with Crippen LogP contribution in [0.5, 0.6) is 0 Å². The first-order valence-electron chi connectivity index (χ1n) is 18.4. The Morgan fingerprint density at radius 3 is 1.54 bits per heavy atom. The molecule has 0 atom stereocenters. The molecular formula is C52H32OS. The van der Waals surface area contributed by atoms with Crippen molar-refractivity contribution in [2.45, 2.75) is 0 Å². The number of hydrogen-bond acceptors (Lipinski definition) is 2. The van der Waals surface area contributed by atoms with Crippen LogP contribution in [-0.4, -0.2) is 0 Å². The lowest BCUT2D eigenvalue weighted by molar-refractivity contribution is 0.673. The molecule has 0 aliphatic carbocycles. The SMILES string of the molecule is c1ccc(-c2ccccccc(-c3ccc(-c4ccc5oc6c(c5c4)c4ccccc4c4sc5ccccc5c64)c4ccccc34)c3ccccc23)cc1. The van der Waals surface area contributed by atoms with E-state index in [1.54, 1.807) is 0 Å². The van der Waals surface area contributed by atoms with Gasteiger partial charge in [0.2, 0.25) is 0 Å². The van der Waals surface area contributed by atoms with Gasteiger partial charge in [0, 0.05) is 36.3 Å². The predicted octanol–water partition coefficient (Wildman–Crippen LogP) is 15.5. The maximum Gasteiger partial charge on any atom is 0.145 e. The third-order valence-electron chi connectivity index (χ3n) is 10.9. The topological polar surface area (TPSA) is 13.1 Å². The van der Waals surface area contributed by atoms with E-state index < -0.39 is 0 Å². The molecule has 9 aromatic carbocycles. The van der Waals surface area contributed by atoms with Gasteiger partial charge in [-0.1, -0.05) is 176 Å². The predicted molar refractivity (Wildman–Crippen MR) is 233 cm³/mol. The van der Waals surface area contributed by atoms with E-state index in [1.165, 1.54) is 91.3 Å². The largest absolute Gasteiger partial charge is 0.455 e. The van der Waals surface area contributed by atoms with Crippen LogP contribution in [0, 0.1) is 0 Å². The highest BCUT2D eigenvalue weighted by Gasteiger charge is 2.20. The average Bonchev–Trinajstić information content (AvgIpc) is 3.82. The minimum Gasteiger partial charge on any atom is -0.455 e. The number of rotatable bonds is 3. The number of furan rings is 1. The van der Waals surface area contributed by atoms with Crippen LogP contribution >= 0.6 is 11.3 Å². The van der Waals surface area contributed by atoms with Crippen LogP contribution in [0.15, 0.2) is 199 Å². The van der Waals surface area contributed by atoms with Gasteiger partial charge in [0.1, 0.15) is 11.2 Å². The summed E-state index contributed by atoms with van der Waals surface area (Å²) in [5, 5.41) is 12.2. The van der Waals surface area contributed by atoms with Crippen LogP contribution in [-0.2, 0) is 0 Å². The summed E-state index contributed by atoms with van der Waals surface area (Å²) in [7, 11) is 0. The van der Waals surface area contributed by atoms with Crippen LogP contribution in [0.1, 0.15) is 0 Å².